The second kappa shape index (κ2) is 7.69. The minimum Gasteiger partial charge on any atom is -0.322 e. The Morgan fingerprint density at radius 2 is 2.00 bits per heavy atom. The van der Waals surface area contributed by atoms with Crippen LogP contribution >= 0.6 is 0 Å². The van der Waals surface area contributed by atoms with Gasteiger partial charge in [-0.25, -0.2) is 8.42 Å². The van der Waals surface area contributed by atoms with Crippen LogP contribution in [0.3, 0.4) is 0 Å². The standard InChI is InChI=1S/C19H21N3O5S/c1-3-28(26,27)21-10-9-14-7-8-16(11-15(14)12-21)20-19(23)17-5-4-6-18(13(17)2)22(24)25/h4-8,11H,3,9-10,12H2,1-2H3,(H,20,23). The molecule has 0 saturated heterocycles. The Morgan fingerprint density at radius 1 is 1.25 bits per heavy atom. The van der Waals surface area contributed by atoms with Crippen molar-refractivity contribution in [2.75, 3.05) is 17.6 Å². The highest BCUT2D eigenvalue weighted by Gasteiger charge is 2.25. The number of hydrogen-bond acceptors (Lipinski definition) is 5. The van der Waals surface area contributed by atoms with Gasteiger partial charge >= 0.3 is 0 Å². The number of nitrogens with one attached hydrogen (secondary N) is 1. The molecule has 1 aliphatic heterocycles. The van der Waals surface area contributed by atoms with Crippen LogP contribution in [0.1, 0.15) is 34.0 Å². The highest BCUT2D eigenvalue weighted by Crippen LogP contribution is 2.26. The molecule has 28 heavy (non-hydrogen) atoms. The average molecular weight is 403 g/mol. The van der Waals surface area contributed by atoms with Gasteiger partial charge in [0.15, 0.2) is 0 Å². The number of anilines is 1. The number of rotatable bonds is 5. The van der Waals surface area contributed by atoms with E-state index in [1.165, 1.54) is 29.4 Å². The van der Waals surface area contributed by atoms with Crippen molar-refractivity contribution in [2.45, 2.75) is 26.8 Å². The van der Waals surface area contributed by atoms with Gasteiger partial charge in [-0.3, -0.25) is 14.9 Å². The van der Waals surface area contributed by atoms with Crippen molar-refractivity contribution in [3.05, 3.63) is 68.8 Å². The second-order valence-corrected chi connectivity index (χ2v) is 8.89. The normalized spacial score (nSPS) is 14.4. The van der Waals surface area contributed by atoms with Crippen LogP contribution in [0.15, 0.2) is 36.4 Å². The Bertz CT molecular complexity index is 1050. The molecule has 8 nitrogen and oxygen atoms in total. The predicted molar refractivity (Wildman–Crippen MR) is 106 cm³/mol. The number of amides is 1. The van der Waals surface area contributed by atoms with Gasteiger partial charge in [-0.05, 0) is 49.6 Å². The van der Waals surface area contributed by atoms with E-state index in [1.54, 1.807) is 19.1 Å². The first kappa shape index (κ1) is 20.0. The van der Waals surface area contributed by atoms with Crippen LogP contribution in [0.2, 0.25) is 0 Å². The molecular weight excluding hydrogens is 382 g/mol. The van der Waals surface area contributed by atoms with E-state index in [9.17, 15) is 23.3 Å². The number of hydrogen-bond donors (Lipinski definition) is 1. The van der Waals surface area contributed by atoms with Gasteiger partial charge in [0.25, 0.3) is 11.6 Å². The first-order valence-corrected chi connectivity index (χ1v) is 10.5. The largest absolute Gasteiger partial charge is 0.322 e. The summed E-state index contributed by atoms with van der Waals surface area (Å²) in [6, 6.07) is 9.76. The summed E-state index contributed by atoms with van der Waals surface area (Å²) >= 11 is 0. The molecule has 3 rings (SSSR count). The molecule has 1 amide bonds. The van der Waals surface area contributed by atoms with Crippen molar-refractivity contribution in [1.82, 2.24) is 4.31 Å². The van der Waals surface area contributed by atoms with E-state index < -0.39 is 20.9 Å². The maximum absolute atomic E-state index is 12.6. The summed E-state index contributed by atoms with van der Waals surface area (Å²) in [4.78, 5) is 23.2. The number of benzene rings is 2. The Hall–Kier alpha value is -2.78. The number of nitrogens with zero attached hydrogens (tertiary/aromatic N) is 2. The lowest BCUT2D eigenvalue weighted by atomic mass is 10.00. The van der Waals surface area contributed by atoms with Crippen LogP contribution in [0.4, 0.5) is 11.4 Å². The smallest absolute Gasteiger partial charge is 0.273 e. The van der Waals surface area contributed by atoms with Crippen LogP contribution < -0.4 is 5.32 Å². The lowest BCUT2D eigenvalue weighted by Gasteiger charge is -2.28. The third-order valence-corrected chi connectivity index (χ3v) is 6.77. The number of nitro benzene ring substituents is 1. The zero-order valence-electron chi connectivity index (χ0n) is 15.6. The molecule has 1 aliphatic rings. The summed E-state index contributed by atoms with van der Waals surface area (Å²) in [5.74, 6) is -0.403. The van der Waals surface area contributed by atoms with Gasteiger partial charge in [-0.2, -0.15) is 4.31 Å². The van der Waals surface area contributed by atoms with Crippen molar-refractivity contribution in [2.24, 2.45) is 0 Å². The molecule has 2 aromatic carbocycles. The number of sulfonamides is 1. The maximum Gasteiger partial charge on any atom is 0.273 e. The van der Waals surface area contributed by atoms with E-state index >= 15 is 0 Å². The Labute approximate surface area is 163 Å². The second-order valence-electron chi connectivity index (χ2n) is 6.63. The molecule has 0 aromatic heterocycles. The van der Waals surface area contributed by atoms with Crippen molar-refractivity contribution < 1.29 is 18.1 Å². The van der Waals surface area contributed by atoms with Gasteiger partial charge < -0.3 is 5.32 Å². The number of carbonyl (C=O) groups is 1. The fraction of sp³-hybridized carbons (Fsp3) is 0.316. The van der Waals surface area contributed by atoms with Crippen molar-refractivity contribution in [3.63, 3.8) is 0 Å². The first-order chi connectivity index (χ1) is 13.2. The molecule has 0 aliphatic carbocycles. The van der Waals surface area contributed by atoms with Gasteiger partial charge in [0.05, 0.1) is 10.7 Å². The van der Waals surface area contributed by atoms with Gasteiger partial charge in [0.1, 0.15) is 0 Å². The third-order valence-electron chi connectivity index (χ3n) is 4.95. The summed E-state index contributed by atoms with van der Waals surface area (Å²) in [5, 5.41) is 13.8. The van der Waals surface area contributed by atoms with Crippen molar-refractivity contribution in [3.8, 4) is 0 Å². The molecule has 1 heterocycles. The minimum atomic E-state index is -3.28. The van der Waals surface area contributed by atoms with Gasteiger partial charge in [0.2, 0.25) is 10.0 Å². The van der Waals surface area contributed by atoms with E-state index in [4.69, 9.17) is 0 Å². The molecule has 0 saturated carbocycles. The van der Waals surface area contributed by atoms with Crippen LogP contribution in [-0.4, -0.2) is 35.9 Å². The van der Waals surface area contributed by atoms with Crippen molar-refractivity contribution in [1.29, 1.82) is 0 Å². The molecule has 9 heteroatoms. The summed E-state index contributed by atoms with van der Waals surface area (Å²) in [5.41, 5.74) is 2.82. The topological polar surface area (TPSA) is 110 Å². The Morgan fingerprint density at radius 3 is 2.68 bits per heavy atom. The lowest BCUT2D eigenvalue weighted by Crippen LogP contribution is -2.36. The number of fused-ring (bicyclic) bond motifs is 1. The number of nitro groups is 1. The zero-order valence-corrected chi connectivity index (χ0v) is 16.5. The van der Waals surface area contributed by atoms with Gasteiger partial charge in [-0.1, -0.05) is 12.1 Å². The lowest BCUT2D eigenvalue weighted by molar-refractivity contribution is -0.385. The molecule has 0 fully saturated rings. The van der Waals surface area contributed by atoms with E-state index in [0.29, 0.717) is 24.2 Å². The zero-order chi connectivity index (χ0) is 20.5. The molecular formula is C19H21N3O5S. The van der Waals surface area contributed by atoms with Crippen LogP contribution in [0.5, 0.6) is 0 Å². The molecule has 1 N–H and O–H groups in total. The van der Waals surface area contributed by atoms with E-state index in [0.717, 1.165) is 11.1 Å². The molecule has 0 atom stereocenters. The van der Waals surface area contributed by atoms with Crippen LogP contribution in [0.25, 0.3) is 0 Å². The SMILES string of the molecule is CCS(=O)(=O)N1CCc2ccc(NC(=O)c3cccc([N+](=O)[O-])c3C)cc2C1. The minimum absolute atomic E-state index is 0.0465. The van der Waals surface area contributed by atoms with Gasteiger partial charge in [-0.15, -0.1) is 0 Å². The van der Waals surface area contributed by atoms with E-state index in [2.05, 4.69) is 5.32 Å². The molecule has 0 radical (unpaired) electrons. The Balaban J connectivity index is 1.84. The third kappa shape index (κ3) is 3.90. The summed E-state index contributed by atoms with van der Waals surface area (Å²) in [6.45, 7) is 3.86. The monoisotopic (exact) mass is 403 g/mol. The summed E-state index contributed by atoms with van der Waals surface area (Å²) in [6.07, 6.45) is 0.618. The fourth-order valence-corrected chi connectivity index (χ4v) is 4.37. The molecule has 148 valence electrons. The fourth-order valence-electron chi connectivity index (χ4n) is 3.29. The quantitative estimate of drug-likeness (QED) is 0.610. The summed E-state index contributed by atoms with van der Waals surface area (Å²) in [7, 11) is -3.28. The first-order valence-electron chi connectivity index (χ1n) is 8.88. The maximum atomic E-state index is 12.6. The van der Waals surface area contributed by atoms with Crippen LogP contribution in [0, 0.1) is 17.0 Å². The average Bonchev–Trinajstić information content (AvgIpc) is 2.67. The van der Waals surface area contributed by atoms with Crippen LogP contribution in [-0.2, 0) is 23.0 Å². The van der Waals surface area contributed by atoms with E-state index in [1.807, 2.05) is 6.07 Å². The molecule has 0 unspecified atom stereocenters. The Kier molecular flexibility index (Phi) is 5.48. The van der Waals surface area contributed by atoms with Gasteiger partial charge in [0, 0.05) is 36.0 Å². The highest BCUT2D eigenvalue weighted by molar-refractivity contribution is 7.89. The van der Waals surface area contributed by atoms with E-state index in [-0.39, 0.29) is 23.5 Å². The van der Waals surface area contributed by atoms with Crippen molar-refractivity contribution >= 4 is 27.3 Å². The molecule has 2 aromatic rings. The highest BCUT2D eigenvalue weighted by atomic mass is 32.2. The summed E-state index contributed by atoms with van der Waals surface area (Å²) < 4.78 is 25.7. The molecule has 0 spiro atoms. The predicted octanol–water partition coefficient (Wildman–Crippen LogP) is 2.86. The molecule has 0 bridgehead atoms. The number of carbonyl (C=O) groups excluding carboxylic acids is 1.